The maximum absolute atomic E-state index is 4.69. The Morgan fingerprint density at radius 1 is 0.960 bits per heavy atom. The van der Waals surface area contributed by atoms with Gasteiger partial charge in [0.15, 0.2) is 5.65 Å². The molecule has 0 saturated carbocycles. The van der Waals surface area contributed by atoms with Crippen molar-refractivity contribution in [3.63, 3.8) is 0 Å². The second-order valence-electron chi connectivity index (χ2n) is 6.11. The zero-order valence-electron chi connectivity index (χ0n) is 14.3. The molecule has 4 rings (SSSR count). The summed E-state index contributed by atoms with van der Waals surface area (Å²) in [5.74, 6) is 0.793. The molecule has 0 radical (unpaired) electrons. The molecule has 0 unspecified atom stereocenters. The number of imidazole rings is 1. The molecular weight excluding hydrogens is 310 g/mol. The molecule has 5 nitrogen and oxygen atoms in total. The van der Waals surface area contributed by atoms with Crippen LogP contribution >= 0.6 is 0 Å². The van der Waals surface area contributed by atoms with Gasteiger partial charge in [-0.2, -0.15) is 0 Å². The Balaban J connectivity index is 1.66. The smallest absolute Gasteiger partial charge is 0.154 e. The number of pyridine rings is 1. The van der Waals surface area contributed by atoms with E-state index in [4.69, 9.17) is 5.10 Å². The summed E-state index contributed by atoms with van der Waals surface area (Å²) in [6.45, 7) is 4.87. The summed E-state index contributed by atoms with van der Waals surface area (Å²) < 4.78 is 1.88. The molecule has 0 saturated heterocycles. The Hall–Kier alpha value is -3.21. The van der Waals surface area contributed by atoms with Gasteiger partial charge in [-0.15, -0.1) is 5.10 Å². The summed E-state index contributed by atoms with van der Waals surface area (Å²) in [6.07, 6.45) is 3.66. The second kappa shape index (κ2) is 6.36. The predicted octanol–water partition coefficient (Wildman–Crippen LogP) is 4.02. The molecule has 0 amide bonds. The molecule has 0 aliphatic rings. The van der Waals surface area contributed by atoms with Crippen LogP contribution in [-0.4, -0.2) is 19.6 Å². The Morgan fingerprint density at radius 3 is 2.68 bits per heavy atom. The van der Waals surface area contributed by atoms with Crippen molar-refractivity contribution in [3.05, 3.63) is 77.7 Å². The Morgan fingerprint density at radius 2 is 1.88 bits per heavy atom. The van der Waals surface area contributed by atoms with Gasteiger partial charge in [-0.25, -0.2) is 9.50 Å². The lowest BCUT2D eigenvalue weighted by Crippen LogP contribution is -2.05. The van der Waals surface area contributed by atoms with E-state index in [1.807, 2.05) is 41.0 Å². The van der Waals surface area contributed by atoms with Crippen LogP contribution in [0.3, 0.4) is 0 Å². The molecule has 3 heterocycles. The van der Waals surface area contributed by atoms with Gasteiger partial charge in [0, 0.05) is 11.8 Å². The number of aryl methyl sites for hydroxylation is 2. The third kappa shape index (κ3) is 3.08. The van der Waals surface area contributed by atoms with Crippen LogP contribution in [0.2, 0.25) is 0 Å². The van der Waals surface area contributed by atoms with Crippen molar-refractivity contribution in [2.75, 3.05) is 5.32 Å². The van der Waals surface area contributed by atoms with E-state index in [1.54, 1.807) is 6.20 Å². The van der Waals surface area contributed by atoms with Gasteiger partial charge in [0.05, 0.1) is 24.1 Å². The highest BCUT2D eigenvalue weighted by Gasteiger charge is 2.09. The summed E-state index contributed by atoms with van der Waals surface area (Å²) in [4.78, 5) is 8.79. The van der Waals surface area contributed by atoms with Crippen molar-refractivity contribution < 1.29 is 0 Å². The zero-order chi connectivity index (χ0) is 17.2. The van der Waals surface area contributed by atoms with Crippen LogP contribution in [0.4, 0.5) is 5.82 Å². The summed E-state index contributed by atoms with van der Waals surface area (Å²) in [5.41, 5.74) is 6.45. The highest BCUT2D eigenvalue weighted by Crippen LogP contribution is 2.23. The first-order chi connectivity index (χ1) is 12.2. The minimum absolute atomic E-state index is 0.632. The van der Waals surface area contributed by atoms with Crippen LogP contribution in [-0.2, 0) is 6.54 Å². The van der Waals surface area contributed by atoms with E-state index in [2.05, 4.69) is 47.3 Å². The SMILES string of the molecule is Cc1ccc(-c2cnc3ccc(NCc4ccccn4)nn23)cc1C. The van der Waals surface area contributed by atoms with E-state index in [-0.39, 0.29) is 0 Å². The summed E-state index contributed by atoms with van der Waals surface area (Å²) in [7, 11) is 0. The fourth-order valence-corrected chi connectivity index (χ4v) is 2.75. The number of nitrogens with one attached hydrogen (secondary N) is 1. The average Bonchev–Trinajstić information content (AvgIpc) is 3.06. The van der Waals surface area contributed by atoms with Crippen molar-refractivity contribution in [3.8, 4) is 11.3 Å². The van der Waals surface area contributed by atoms with Crippen molar-refractivity contribution in [1.82, 2.24) is 19.6 Å². The quantitative estimate of drug-likeness (QED) is 0.614. The molecule has 0 spiro atoms. The van der Waals surface area contributed by atoms with E-state index in [0.717, 1.165) is 28.4 Å². The molecule has 1 N–H and O–H groups in total. The van der Waals surface area contributed by atoms with E-state index in [1.165, 1.54) is 11.1 Å². The molecule has 1 aromatic carbocycles. The first kappa shape index (κ1) is 15.3. The number of nitrogens with zero attached hydrogens (tertiary/aromatic N) is 4. The third-order valence-corrected chi connectivity index (χ3v) is 4.34. The summed E-state index contributed by atoms with van der Waals surface area (Å²) in [6, 6.07) is 16.2. The largest absolute Gasteiger partial charge is 0.363 e. The van der Waals surface area contributed by atoms with E-state index < -0.39 is 0 Å². The summed E-state index contributed by atoms with van der Waals surface area (Å²) >= 11 is 0. The minimum Gasteiger partial charge on any atom is -0.363 e. The van der Waals surface area contributed by atoms with Crippen LogP contribution in [0.1, 0.15) is 16.8 Å². The fourth-order valence-electron chi connectivity index (χ4n) is 2.75. The van der Waals surface area contributed by atoms with Crippen LogP contribution in [0.15, 0.2) is 60.9 Å². The van der Waals surface area contributed by atoms with Crippen LogP contribution in [0.5, 0.6) is 0 Å². The first-order valence-electron chi connectivity index (χ1n) is 8.27. The lowest BCUT2D eigenvalue weighted by atomic mass is 10.0. The van der Waals surface area contributed by atoms with E-state index in [0.29, 0.717) is 6.54 Å². The Labute approximate surface area is 146 Å². The average molecular weight is 329 g/mol. The minimum atomic E-state index is 0.632. The van der Waals surface area contributed by atoms with Crippen molar-refractivity contribution in [1.29, 1.82) is 0 Å². The normalized spacial score (nSPS) is 11.0. The first-order valence-corrected chi connectivity index (χ1v) is 8.27. The standard InChI is InChI=1S/C20H19N5/c1-14-6-7-16(11-15(14)2)18-13-23-20-9-8-19(24-25(18)20)22-12-17-5-3-4-10-21-17/h3-11,13H,12H2,1-2H3,(H,22,24). The molecule has 0 fully saturated rings. The molecule has 4 aromatic rings. The van der Waals surface area contributed by atoms with Crippen molar-refractivity contribution in [2.45, 2.75) is 20.4 Å². The number of anilines is 1. The van der Waals surface area contributed by atoms with Gasteiger partial charge in [0.25, 0.3) is 0 Å². The third-order valence-electron chi connectivity index (χ3n) is 4.34. The second-order valence-corrected chi connectivity index (χ2v) is 6.11. The van der Waals surface area contributed by atoms with E-state index in [9.17, 15) is 0 Å². The van der Waals surface area contributed by atoms with Gasteiger partial charge in [0.2, 0.25) is 0 Å². The Bertz CT molecular complexity index is 1020. The number of benzene rings is 1. The molecule has 5 heteroatoms. The van der Waals surface area contributed by atoms with Gasteiger partial charge in [-0.05, 0) is 55.3 Å². The molecule has 0 atom stereocenters. The van der Waals surface area contributed by atoms with Gasteiger partial charge >= 0.3 is 0 Å². The number of hydrogen-bond donors (Lipinski definition) is 1. The lowest BCUT2D eigenvalue weighted by molar-refractivity contribution is 0.923. The lowest BCUT2D eigenvalue weighted by Gasteiger charge is -2.08. The van der Waals surface area contributed by atoms with Crippen molar-refractivity contribution >= 4 is 11.5 Å². The van der Waals surface area contributed by atoms with Crippen LogP contribution in [0.25, 0.3) is 16.9 Å². The van der Waals surface area contributed by atoms with E-state index >= 15 is 0 Å². The highest BCUT2D eigenvalue weighted by atomic mass is 15.3. The van der Waals surface area contributed by atoms with Crippen LogP contribution in [0, 0.1) is 13.8 Å². The summed E-state index contributed by atoms with van der Waals surface area (Å²) in [5, 5.41) is 8.01. The molecule has 124 valence electrons. The zero-order valence-corrected chi connectivity index (χ0v) is 14.3. The number of hydrogen-bond acceptors (Lipinski definition) is 4. The maximum Gasteiger partial charge on any atom is 0.154 e. The van der Waals surface area contributed by atoms with Gasteiger partial charge in [-0.3, -0.25) is 4.98 Å². The number of aromatic nitrogens is 4. The number of fused-ring (bicyclic) bond motifs is 1. The fraction of sp³-hybridized carbons (Fsp3) is 0.150. The Kier molecular flexibility index (Phi) is 3.90. The number of rotatable bonds is 4. The van der Waals surface area contributed by atoms with Gasteiger partial charge in [-0.1, -0.05) is 18.2 Å². The topological polar surface area (TPSA) is 55.1 Å². The molecule has 0 bridgehead atoms. The van der Waals surface area contributed by atoms with Crippen LogP contribution < -0.4 is 5.32 Å². The van der Waals surface area contributed by atoms with Crippen molar-refractivity contribution in [2.24, 2.45) is 0 Å². The highest BCUT2D eigenvalue weighted by molar-refractivity contribution is 5.65. The molecule has 25 heavy (non-hydrogen) atoms. The monoisotopic (exact) mass is 329 g/mol. The maximum atomic E-state index is 4.69. The predicted molar refractivity (Wildman–Crippen MR) is 99.5 cm³/mol. The molecular formula is C20H19N5. The van der Waals surface area contributed by atoms with Gasteiger partial charge in [0.1, 0.15) is 5.82 Å². The van der Waals surface area contributed by atoms with Gasteiger partial charge < -0.3 is 5.32 Å². The molecule has 0 aliphatic carbocycles. The molecule has 3 aromatic heterocycles. The molecule has 0 aliphatic heterocycles.